The Hall–Kier alpha value is -1.88. The fraction of sp³-hybridized carbons (Fsp3) is 0.429. The van der Waals surface area contributed by atoms with Crippen molar-refractivity contribution in [1.82, 2.24) is 0 Å². The third-order valence-electron chi connectivity index (χ3n) is 3.58. The normalized spacial score (nSPS) is 22.2. The van der Waals surface area contributed by atoms with E-state index in [1.807, 2.05) is 0 Å². The Morgan fingerprint density at radius 1 is 1.37 bits per heavy atom. The van der Waals surface area contributed by atoms with Crippen LogP contribution in [0.2, 0.25) is 0 Å². The standard InChI is InChI=1S/C14H18N2O3/c1-8-2-5-11(7-12(8)14(18)19)16-13(17)9-3-4-10(15)6-9/h2,5,7,9-10H,3-4,6,15H2,1H3,(H,16,17)(H,18,19). The summed E-state index contributed by atoms with van der Waals surface area (Å²) in [4.78, 5) is 23.0. The lowest BCUT2D eigenvalue weighted by Gasteiger charge is -2.12. The Labute approximate surface area is 111 Å². The Morgan fingerprint density at radius 3 is 2.68 bits per heavy atom. The lowest BCUT2D eigenvalue weighted by Crippen LogP contribution is -2.23. The number of rotatable bonds is 3. The minimum atomic E-state index is -0.989. The fourth-order valence-electron chi connectivity index (χ4n) is 2.43. The molecule has 5 heteroatoms. The monoisotopic (exact) mass is 262 g/mol. The molecule has 1 aromatic rings. The molecule has 1 fully saturated rings. The van der Waals surface area contributed by atoms with Crippen molar-refractivity contribution >= 4 is 17.6 Å². The van der Waals surface area contributed by atoms with E-state index in [0.717, 1.165) is 12.8 Å². The van der Waals surface area contributed by atoms with Crippen LogP contribution in [-0.4, -0.2) is 23.0 Å². The number of nitrogens with one attached hydrogen (secondary N) is 1. The first-order chi connectivity index (χ1) is 8.97. The Balaban J connectivity index is 2.09. The van der Waals surface area contributed by atoms with Crippen LogP contribution < -0.4 is 11.1 Å². The van der Waals surface area contributed by atoms with E-state index in [1.54, 1.807) is 19.1 Å². The van der Waals surface area contributed by atoms with Crippen molar-refractivity contribution in [2.75, 3.05) is 5.32 Å². The molecule has 1 saturated carbocycles. The fourth-order valence-corrected chi connectivity index (χ4v) is 2.43. The van der Waals surface area contributed by atoms with Crippen LogP contribution in [0.1, 0.15) is 35.2 Å². The summed E-state index contributed by atoms with van der Waals surface area (Å²) >= 11 is 0. The van der Waals surface area contributed by atoms with Gasteiger partial charge in [-0.25, -0.2) is 4.79 Å². The third kappa shape index (κ3) is 3.12. The van der Waals surface area contributed by atoms with Crippen LogP contribution in [0.25, 0.3) is 0 Å². The summed E-state index contributed by atoms with van der Waals surface area (Å²) in [6, 6.07) is 5.00. The van der Waals surface area contributed by atoms with E-state index in [-0.39, 0.29) is 23.4 Å². The van der Waals surface area contributed by atoms with Crippen LogP contribution in [0.15, 0.2) is 18.2 Å². The zero-order valence-electron chi connectivity index (χ0n) is 10.8. The summed E-state index contributed by atoms with van der Waals surface area (Å²) < 4.78 is 0. The quantitative estimate of drug-likeness (QED) is 0.773. The molecule has 0 bridgehead atoms. The number of aryl methyl sites for hydroxylation is 1. The number of carbonyl (C=O) groups is 2. The topological polar surface area (TPSA) is 92.4 Å². The van der Waals surface area contributed by atoms with Gasteiger partial charge in [-0.2, -0.15) is 0 Å². The number of amides is 1. The van der Waals surface area contributed by atoms with Crippen molar-refractivity contribution in [2.45, 2.75) is 32.2 Å². The van der Waals surface area contributed by atoms with E-state index in [4.69, 9.17) is 10.8 Å². The van der Waals surface area contributed by atoms with Crippen LogP contribution in [0.4, 0.5) is 5.69 Å². The highest BCUT2D eigenvalue weighted by molar-refractivity contribution is 5.95. The molecule has 0 aromatic heterocycles. The number of carbonyl (C=O) groups excluding carboxylic acids is 1. The first-order valence-corrected chi connectivity index (χ1v) is 6.37. The molecular weight excluding hydrogens is 244 g/mol. The average Bonchev–Trinajstić information content (AvgIpc) is 2.78. The number of benzene rings is 1. The maximum absolute atomic E-state index is 12.0. The largest absolute Gasteiger partial charge is 0.478 e. The van der Waals surface area contributed by atoms with Gasteiger partial charge in [-0.1, -0.05) is 6.07 Å². The van der Waals surface area contributed by atoms with E-state index in [1.165, 1.54) is 6.07 Å². The molecule has 4 N–H and O–H groups in total. The predicted octanol–water partition coefficient (Wildman–Crippen LogP) is 1.76. The Kier molecular flexibility index (Phi) is 3.85. The number of anilines is 1. The van der Waals surface area contributed by atoms with Gasteiger partial charge in [-0.3, -0.25) is 4.79 Å². The molecule has 1 aromatic carbocycles. The van der Waals surface area contributed by atoms with Crippen molar-refractivity contribution in [3.8, 4) is 0 Å². The van der Waals surface area contributed by atoms with E-state index in [9.17, 15) is 9.59 Å². The first-order valence-electron chi connectivity index (χ1n) is 6.37. The van der Waals surface area contributed by atoms with Crippen molar-refractivity contribution < 1.29 is 14.7 Å². The molecule has 5 nitrogen and oxygen atoms in total. The number of aromatic carboxylic acids is 1. The van der Waals surface area contributed by atoms with Crippen LogP contribution in [0.3, 0.4) is 0 Å². The molecule has 0 saturated heterocycles. The molecule has 1 aliphatic carbocycles. The minimum Gasteiger partial charge on any atom is -0.478 e. The molecule has 0 radical (unpaired) electrons. The molecular formula is C14H18N2O3. The van der Waals surface area contributed by atoms with Crippen molar-refractivity contribution in [3.05, 3.63) is 29.3 Å². The predicted molar refractivity (Wildman–Crippen MR) is 72.1 cm³/mol. The van der Waals surface area contributed by atoms with Crippen molar-refractivity contribution in [2.24, 2.45) is 11.7 Å². The summed E-state index contributed by atoms with van der Waals surface area (Å²) in [6.45, 7) is 1.73. The van der Waals surface area contributed by atoms with Crippen LogP contribution in [-0.2, 0) is 4.79 Å². The van der Waals surface area contributed by atoms with Gasteiger partial charge in [0, 0.05) is 17.6 Å². The van der Waals surface area contributed by atoms with Gasteiger partial charge >= 0.3 is 5.97 Å². The van der Waals surface area contributed by atoms with E-state index in [0.29, 0.717) is 17.7 Å². The second-order valence-corrected chi connectivity index (χ2v) is 5.09. The first kappa shape index (κ1) is 13.5. The molecule has 102 valence electrons. The molecule has 19 heavy (non-hydrogen) atoms. The highest BCUT2D eigenvalue weighted by Gasteiger charge is 2.27. The van der Waals surface area contributed by atoms with Crippen LogP contribution in [0, 0.1) is 12.8 Å². The lowest BCUT2D eigenvalue weighted by atomic mass is 10.1. The molecule has 0 aliphatic heterocycles. The van der Waals surface area contributed by atoms with E-state index < -0.39 is 5.97 Å². The van der Waals surface area contributed by atoms with Gasteiger partial charge in [-0.05, 0) is 43.9 Å². The smallest absolute Gasteiger partial charge is 0.336 e. The van der Waals surface area contributed by atoms with Gasteiger partial charge in [0.05, 0.1) is 5.56 Å². The van der Waals surface area contributed by atoms with Gasteiger partial charge in [-0.15, -0.1) is 0 Å². The average molecular weight is 262 g/mol. The van der Waals surface area contributed by atoms with Crippen LogP contribution in [0.5, 0.6) is 0 Å². The zero-order chi connectivity index (χ0) is 14.0. The molecule has 2 rings (SSSR count). The van der Waals surface area contributed by atoms with Gasteiger partial charge in [0.25, 0.3) is 0 Å². The second kappa shape index (κ2) is 5.40. The lowest BCUT2D eigenvalue weighted by molar-refractivity contribution is -0.119. The zero-order valence-corrected chi connectivity index (χ0v) is 10.8. The minimum absolute atomic E-state index is 0.0652. The number of hydrogen-bond donors (Lipinski definition) is 3. The van der Waals surface area contributed by atoms with Gasteiger partial charge in [0.15, 0.2) is 0 Å². The van der Waals surface area contributed by atoms with Crippen LogP contribution >= 0.6 is 0 Å². The number of hydrogen-bond acceptors (Lipinski definition) is 3. The maximum Gasteiger partial charge on any atom is 0.336 e. The molecule has 2 unspecified atom stereocenters. The summed E-state index contributed by atoms with van der Waals surface area (Å²) in [5.41, 5.74) is 7.19. The summed E-state index contributed by atoms with van der Waals surface area (Å²) in [7, 11) is 0. The highest BCUT2D eigenvalue weighted by atomic mass is 16.4. The number of carboxylic acids is 1. The summed E-state index contributed by atoms with van der Waals surface area (Å²) in [5.74, 6) is -1.13. The molecule has 1 amide bonds. The van der Waals surface area contributed by atoms with Gasteiger partial charge < -0.3 is 16.2 Å². The third-order valence-corrected chi connectivity index (χ3v) is 3.58. The van der Waals surface area contributed by atoms with E-state index >= 15 is 0 Å². The van der Waals surface area contributed by atoms with Crippen molar-refractivity contribution in [3.63, 3.8) is 0 Å². The van der Waals surface area contributed by atoms with Crippen molar-refractivity contribution in [1.29, 1.82) is 0 Å². The molecule has 2 atom stereocenters. The number of carboxylic acid groups (broad SMARTS) is 1. The highest BCUT2D eigenvalue weighted by Crippen LogP contribution is 2.26. The Bertz CT molecular complexity index is 513. The summed E-state index contributed by atoms with van der Waals surface area (Å²) in [5, 5.41) is 11.8. The number of nitrogens with two attached hydrogens (primary N) is 1. The van der Waals surface area contributed by atoms with Gasteiger partial charge in [0.2, 0.25) is 5.91 Å². The SMILES string of the molecule is Cc1ccc(NC(=O)C2CCC(N)C2)cc1C(=O)O. The van der Waals surface area contributed by atoms with Gasteiger partial charge in [0.1, 0.15) is 0 Å². The summed E-state index contributed by atoms with van der Waals surface area (Å²) in [6.07, 6.45) is 2.36. The maximum atomic E-state index is 12.0. The Morgan fingerprint density at radius 2 is 2.11 bits per heavy atom. The second-order valence-electron chi connectivity index (χ2n) is 5.09. The molecule has 1 aliphatic rings. The molecule has 0 heterocycles. The molecule has 0 spiro atoms. The van der Waals surface area contributed by atoms with E-state index in [2.05, 4.69) is 5.32 Å².